The number of hydrogen-bond donors (Lipinski definition) is 0. The molecule has 0 saturated heterocycles. The molecule has 0 aromatic rings. The topological polar surface area (TPSA) is 17.1 Å². The van der Waals surface area contributed by atoms with E-state index in [1.165, 1.54) is 0 Å². The lowest BCUT2D eigenvalue weighted by Crippen LogP contribution is -1.50. The van der Waals surface area contributed by atoms with Gasteiger partial charge < -0.3 is 0 Å². The third-order valence-corrected chi connectivity index (χ3v) is 0.937. The molecule has 0 saturated carbocycles. The fourth-order valence-corrected chi connectivity index (χ4v) is 0. The quantitative estimate of drug-likeness (QED) is 0.415. The smallest absolute Gasteiger partial charge is 0.152 e. The molecule has 1 nitrogen and oxygen atoms in total. The lowest BCUT2D eigenvalue weighted by Gasteiger charge is -1.76. The van der Waals surface area contributed by atoms with Crippen LogP contribution in [0.1, 0.15) is 0 Å². The number of halogens is 1. The van der Waals surface area contributed by atoms with Crippen molar-refractivity contribution in [2.24, 2.45) is 0 Å². The summed E-state index contributed by atoms with van der Waals surface area (Å²) < 4.78 is 0. The minimum absolute atomic E-state index is 0.466. The van der Waals surface area contributed by atoms with Crippen molar-refractivity contribution in [3.63, 3.8) is 0 Å². The first-order valence-electron chi connectivity index (χ1n) is 1.11. The van der Waals surface area contributed by atoms with Crippen molar-refractivity contribution in [2.45, 2.75) is 0 Å². The van der Waals surface area contributed by atoms with Crippen LogP contribution in [0.4, 0.5) is 0 Å². The molecule has 1 unspecified atom stereocenters. The molecular weight excluding hydrogens is 151 g/mol. The van der Waals surface area contributed by atoms with Gasteiger partial charge in [0.25, 0.3) is 0 Å². The molecule has 0 fully saturated rings. The van der Waals surface area contributed by atoms with E-state index in [1.807, 2.05) is 6.66 Å². The second-order valence-electron chi connectivity index (χ2n) is 0.630. The summed E-state index contributed by atoms with van der Waals surface area (Å²) in [6.07, 6.45) is 0. The summed E-state index contributed by atoms with van der Waals surface area (Å²) in [5, 5.41) is 0. The van der Waals surface area contributed by atoms with Gasteiger partial charge in [0.15, 0.2) is 6.03 Å². The standard InChI is InChI=1S/C2H4BrOP/c1-5(3)2-4/h2H,1H3. The van der Waals surface area contributed by atoms with Crippen molar-refractivity contribution in [2.75, 3.05) is 6.66 Å². The number of rotatable bonds is 1. The van der Waals surface area contributed by atoms with Crippen molar-refractivity contribution in [3.05, 3.63) is 0 Å². The number of hydrogen-bond acceptors (Lipinski definition) is 1. The minimum Gasteiger partial charge on any atom is -0.297 e. The Bertz CT molecular complexity index is 36.6. The average Bonchev–Trinajstić information content (AvgIpc) is 1.38. The third kappa shape index (κ3) is 4.58. The van der Waals surface area contributed by atoms with E-state index < -0.39 is 6.62 Å². The molecule has 0 aliphatic rings. The maximum Gasteiger partial charge on any atom is 0.152 e. The Morgan fingerprint density at radius 1 is 2.00 bits per heavy atom. The van der Waals surface area contributed by atoms with Gasteiger partial charge in [-0.15, -0.1) is 0 Å². The molecule has 0 aliphatic carbocycles. The fourth-order valence-electron chi connectivity index (χ4n) is 0. The normalized spacial score (nSPS) is 14.0. The highest BCUT2D eigenvalue weighted by molar-refractivity contribution is 9.40. The Morgan fingerprint density at radius 2 is 2.20 bits per heavy atom. The van der Waals surface area contributed by atoms with Crippen LogP contribution in [-0.2, 0) is 4.79 Å². The third-order valence-electron chi connectivity index (χ3n) is 0.145. The molecule has 1 atom stereocenters. The summed E-state index contributed by atoms with van der Waals surface area (Å²) in [7, 11) is 0. The average molecular weight is 155 g/mol. The van der Waals surface area contributed by atoms with E-state index in [9.17, 15) is 4.79 Å². The van der Waals surface area contributed by atoms with E-state index in [-0.39, 0.29) is 0 Å². The number of carbonyl (C=O) groups is 1. The fraction of sp³-hybridized carbons (Fsp3) is 0.500. The van der Waals surface area contributed by atoms with Crippen molar-refractivity contribution < 1.29 is 4.79 Å². The largest absolute Gasteiger partial charge is 0.297 e. The van der Waals surface area contributed by atoms with E-state index >= 15 is 0 Å². The maximum absolute atomic E-state index is 9.49. The first-order chi connectivity index (χ1) is 2.27. The Kier molecular flexibility index (Phi) is 3.12. The van der Waals surface area contributed by atoms with E-state index in [1.54, 1.807) is 0 Å². The Hall–Kier alpha value is 0.580. The lowest BCUT2D eigenvalue weighted by atomic mass is 11.8. The molecule has 0 aromatic carbocycles. The van der Waals surface area contributed by atoms with Crippen molar-refractivity contribution in [1.29, 1.82) is 0 Å². The van der Waals surface area contributed by atoms with Crippen LogP contribution >= 0.6 is 22.1 Å². The van der Waals surface area contributed by atoms with E-state index in [0.29, 0.717) is 0 Å². The maximum atomic E-state index is 9.49. The molecule has 0 rings (SSSR count). The summed E-state index contributed by atoms with van der Waals surface area (Å²) in [6.45, 7) is 1.37. The zero-order valence-corrected chi connectivity index (χ0v) is 5.29. The van der Waals surface area contributed by atoms with Crippen LogP contribution < -0.4 is 0 Å². The van der Waals surface area contributed by atoms with Gasteiger partial charge in [-0.2, -0.15) is 0 Å². The van der Waals surface area contributed by atoms with Crippen LogP contribution in [0.25, 0.3) is 0 Å². The molecule has 0 radical (unpaired) electrons. The van der Waals surface area contributed by atoms with Crippen LogP contribution in [0.5, 0.6) is 0 Å². The van der Waals surface area contributed by atoms with Gasteiger partial charge in [-0.1, -0.05) is 15.5 Å². The summed E-state index contributed by atoms with van der Waals surface area (Å²) in [5.41, 5.74) is 0. The van der Waals surface area contributed by atoms with Gasteiger partial charge in [0.2, 0.25) is 0 Å². The highest BCUT2D eigenvalue weighted by Gasteiger charge is 1.81. The Balaban J connectivity index is 2.83. The Labute approximate surface area is 40.2 Å². The molecule has 30 valence electrons. The van der Waals surface area contributed by atoms with Gasteiger partial charge in [-0.3, -0.25) is 4.79 Å². The molecular formula is C2H4BrOP. The molecule has 0 bridgehead atoms. The molecule has 5 heavy (non-hydrogen) atoms. The van der Waals surface area contributed by atoms with Crippen molar-refractivity contribution in [3.8, 4) is 0 Å². The monoisotopic (exact) mass is 154 g/mol. The van der Waals surface area contributed by atoms with Crippen molar-refractivity contribution >= 4 is 28.1 Å². The van der Waals surface area contributed by atoms with Gasteiger partial charge >= 0.3 is 0 Å². The summed E-state index contributed by atoms with van der Waals surface area (Å²) in [6, 6.07) is 0.898. The van der Waals surface area contributed by atoms with Gasteiger partial charge in [0.05, 0.1) is 0 Å². The lowest BCUT2D eigenvalue weighted by molar-refractivity contribution is 0.569. The predicted molar refractivity (Wildman–Crippen MR) is 28.5 cm³/mol. The second kappa shape index (κ2) is 2.80. The Morgan fingerprint density at radius 3 is 2.20 bits per heavy atom. The predicted octanol–water partition coefficient (Wildman–Crippen LogP) is 1.60. The van der Waals surface area contributed by atoms with Crippen LogP contribution in [-0.4, -0.2) is 12.7 Å². The summed E-state index contributed by atoms with van der Waals surface area (Å²) >= 11 is 3.07. The summed E-state index contributed by atoms with van der Waals surface area (Å²) in [4.78, 5) is 9.49. The van der Waals surface area contributed by atoms with Gasteiger partial charge in [-0.05, 0) is 6.66 Å². The zero-order valence-electron chi connectivity index (χ0n) is 2.81. The molecule has 3 heteroatoms. The van der Waals surface area contributed by atoms with E-state index in [0.717, 1.165) is 6.03 Å². The molecule has 0 heterocycles. The van der Waals surface area contributed by atoms with Crippen LogP contribution in [0, 0.1) is 0 Å². The molecule has 0 spiro atoms. The van der Waals surface area contributed by atoms with Gasteiger partial charge in [-0.25, -0.2) is 0 Å². The second-order valence-corrected chi connectivity index (χ2v) is 5.25. The van der Waals surface area contributed by atoms with Crippen LogP contribution in [0.3, 0.4) is 0 Å². The van der Waals surface area contributed by atoms with Gasteiger partial charge in [0.1, 0.15) is 0 Å². The first kappa shape index (κ1) is 5.58. The zero-order chi connectivity index (χ0) is 4.28. The van der Waals surface area contributed by atoms with Crippen LogP contribution in [0.15, 0.2) is 0 Å². The van der Waals surface area contributed by atoms with E-state index in [2.05, 4.69) is 15.5 Å². The van der Waals surface area contributed by atoms with Gasteiger partial charge in [0, 0.05) is 6.62 Å². The minimum atomic E-state index is -0.466. The van der Waals surface area contributed by atoms with Crippen LogP contribution in [0.2, 0.25) is 0 Å². The number of carbonyl (C=O) groups excluding carboxylic acids is 1. The SMILES string of the molecule is CP(Br)C=O. The molecule has 0 aromatic heterocycles. The molecule has 0 aliphatic heterocycles. The first-order valence-corrected chi connectivity index (χ1v) is 4.99. The highest BCUT2D eigenvalue weighted by Crippen LogP contribution is 2.34. The van der Waals surface area contributed by atoms with E-state index in [4.69, 9.17) is 0 Å². The van der Waals surface area contributed by atoms with Crippen molar-refractivity contribution in [1.82, 2.24) is 0 Å². The molecule has 0 amide bonds. The summed E-state index contributed by atoms with van der Waals surface area (Å²) in [5.74, 6) is 0. The molecule has 0 N–H and O–H groups in total. The highest BCUT2D eigenvalue weighted by atomic mass is 79.9.